The molecular formula is C47H62F6FeP2. The van der Waals surface area contributed by atoms with Gasteiger partial charge in [0, 0.05) is 0 Å². The second-order valence-corrected chi connectivity index (χ2v) is 20.2. The summed E-state index contributed by atoms with van der Waals surface area (Å²) in [6, 6.07) is 21.5. The minimum atomic E-state index is -4.56. The molecule has 56 heavy (non-hydrogen) atoms. The molecule has 0 amide bonds. The molecule has 2 aliphatic rings. The average Bonchev–Trinajstić information content (AvgIpc) is 3.76. The van der Waals surface area contributed by atoms with Crippen LogP contribution in [0.1, 0.15) is 110 Å². The monoisotopic (exact) mass is 858 g/mol. The molecule has 9 heteroatoms. The number of hydrogen-bond acceptors (Lipinski definition) is 0. The summed E-state index contributed by atoms with van der Waals surface area (Å²) in [4.78, 5) is 0. The first-order valence-corrected chi connectivity index (χ1v) is 21.4. The van der Waals surface area contributed by atoms with Gasteiger partial charge in [-0.2, -0.15) is 26.3 Å². The van der Waals surface area contributed by atoms with Gasteiger partial charge in [0.15, 0.2) is 0 Å². The summed E-state index contributed by atoms with van der Waals surface area (Å²) >= 11 is 0. The van der Waals surface area contributed by atoms with Crippen LogP contribution in [0.3, 0.4) is 0 Å². The normalized spacial score (nSPS) is 17.2. The Morgan fingerprint density at radius 1 is 0.482 bits per heavy atom. The van der Waals surface area contributed by atoms with Crippen molar-refractivity contribution in [3.63, 3.8) is 0 Å². The van der Waals surface area contributed by atoms with Gasteiger partial charge in [-0.3, -0.25) is 0 Å². The van der Waals surface area contributed by atoms with Crippen LogP contribution < -0.4 is 21.2 Å². The molecule has 0 nitrogen and oxygen atoms in total. The molecule has 310 valence electrons. The molecule has 0 heterocycles. The van der Waals surface area contributed by atoms with Crippen LogP contribution in [0.15, 0.2) is 72.8 Å². The van der Waals surface area contributed by atoms with Crippen LogP contribution in [0.4, 0.5) is 26.3 Å². The van der Waals surface area contributed by atoms with E-state index >= 15 is 0 Å². The molecule has 4 aromatic carbocycles. The van der Waals surface area contributed by atoms with Crippen molar-refractivity contribution in [1.82, 2.24) is 0 Å². The Kier molecular flexibility index (Phi) is 20.1. The third-order valence-electron chi connectivity index (χ3n) is 10.4. The van der Waals surface area contributed by atoms with Gasteiger partial charge < -0.3 is 14.9 Å². The molecule has 0 N–H and O–H groups in total. The van der Waals surface area contributed by atoms with Crippen molar-refractivity contribution in [1.29, 1.82) is 0 Å². The molecule has 0 bridgehead atoms. The molecule has 2 unspecified atom stereocenters. The first-order chi connectivity index (χ1) is 24.4. The van der Waals surface area contributed by atoms with Gasteiger partial charge in [0.05, 0.1) is 11.1 Å². The van der Waals surface area contributed by atoms with E-state index in [1.54, 1.807) is 26.0 Å². The van der Waals surface area contributed by atoms with Crippen molar-refractivity contribution in [2.24, 2.45) is 5.92 Å². The van der Waals surface area contributed by atoms with Crippen LogP contribution >= 0.6 is 15.8 Å². The number of benzene rings is 4. The molecule has 0 aliphatic heterocycles. The third-order valence-corrected chi connectivity index (χ3v) is 16.2. The number of halogens is 6. The van der Waals surface area contributed by atoms with Crippen molar-refractivity contribution in [3.8, 4) is 0 Å². The Morgan fingerprint density at radius 2 is 0.804 bits per heavy atom. The van der Waals surface area contributed by atoms with E-state index in [-0.39, 0.29) is 56.6 Å². The summed E-state index contributed by atoms with van der Waals surface area (Å²) in [5, 5.41) is 3.51. The zero-order chi connectivity index (χ0) is 38.0. The fourth-order valence-electron chi connectivity index (χ4n) is 8.39. The maximum Gasteiger partial charge on any atom is 2.00 e. The Hall–Kier alpha value is -2.16. The second kappa shape index (κ2) is 21.7. The van der Waals surface area contributed by atoms with Gasteiger partial charge in [-0.05, 0) is 144 Å². The molecular weight excluding hydrogens is 796 g/mol. The van der Waals surface area contributed by atoms with Gasteiger partial charge in [-0.25, -0.2) is 0 Å². The Labute approximate surface area is 348 Å². The van der Waals surface area contributed by atoms with Crippen LogP contribution in [0.5, 0.6) is 0 Å². The number of hydrogen-bond donors (Lipinski definition) is 0. The summed E-state index contributed by atoms with van der Waals surface area (Å²) in [6.07, 6.45) is 0.906. The standard InChI is InChI=1S/C39H42F6P2.C5H10.CH4.2CH3.Fe/c1-23-11-24(2)16-32(15-23)46(33-17-25(3)12-26(4)18-33)29(7)36-9-8-10-37(36)47(34-19-27(5)13-30(21-34)38(40,41)42)35-20-28(6)14-31(22-35)39(43,44)45;1-2-4-5-3-1;;;;/h11-22,29,36-37H,8-10H2,1-7H3;1-5H2;1H4;2*1H3;/q;;;2*-1;+2/t29-,36?,37?;;;;;/m1...../s1. The maximum atomic E-state index is 14.2. The molecule has 4 aromatic rings. The Bertz CT molecular complexity index is 1680. The van der Waals surface area contributed by atoms with E-state index < -0.39 is 39.3 Å². The smallest absolute Gasteiger partial charge is 0.358 e. The molecule has 0 aromatic heterocycles. The van der Waals surface area contributed by atoms with E-state index in [4.69, 9.17) is 0 Å². The maximum absolute atomic E-state index is 14.2. The SMILES string of the molecule is C.C1CCCC1.Cc1cc(C)cc(P(c2cc(C)cc(C)c2)[C@H](C)C2CCCC2P(c2cc(C)cc(C(F)(F)F)c2)c2cc(C)cc(C(F)(F)F)c2)c1.[CH3-].[CH3-].[Fe+2]. The predicted molar refractivity (Wildman–Crippen MR) is 230 cm³/mol. The van der Waals surface area contributed by atoms with Gasteiger partial charge in [0.1, 0.15) is 0 Å². The largest absolute Gasteiger partial charge is 2.00 e. The van der Waals surface area contributed by atoms with Gasteiger partial charge >= 0.3 is 29.4 Å². The topological polar surface area (TPSA) is 0 Å². The van der Waals surface area contributed by atoms with Crippen molar-refractivity contribution < 1.29 is 43.4 Å². The second-order valence-electron chi connectivity index (χ2n) is 15.2. The zero-order valence-corrected chi connectivity index (χ0v) is 36.7. The van der Waals surface area contributed by atoms with E-state index in [0.717, 1.165) is 31.4 Å². The summed E-state index contributed by atoms with van der Waals surface area (Å²) < 4.78 is 84.9. The quantitative estimate of drug-likeness (QED) is 0.0752. The fourth-order valence-corrected chi connectivity index (χ4v) is 15.4. The first kappa shape index (κ1) is 51.9. The molecule has 0 radical (unpaired) electrons. The third kappa shape index (κ3) is 13.2. The minimum absolute atomic E-state index is 0. The molecule has 2 saturated carbocycles. The average molecular weight is 859 g/mol. The van der Waals surface area contributed by atoms with E-state index in [9.17, 15) is 26.3 Å². The number of rotatable bonds is 7. The fraction of sp³-hybridized carbons (Fsp3) is 0.447. The predicted octanol–water partition coefficient (Wildman–Crippen LogP) is 14.2. The van der Waals surface area contributed by atoms with Gasteiger partial charge in [0.25, 0.3) is 0 Å². The summed E-state index contributed by atoms with van der Waals surface area (Å²) in [6.45, 7) is 13.9. The molecule has 2 aliphatic carbocycles. The zero-order valence-electron chi connectivity index (χ0n) is 33.8. The van der Waals surface area contributed by atoms with E-state index in [1.807, 2.05) is 0 Å². The van der Waals surface area contributed by atoms with Crippen molar-refractivity contribution in [2.45, 2.75) is 131 Å². The van der Waals surface area contributed by atoms with E-state index in [1.165, 1.54) is 77.1 Å². The summed E-state index contributed by atoms with van der Waals surface area (Å²) in [5.41, 5.74) is 4.18. The molecule has 0 saturated heterocycles. The molecule has 0 spiro atoms. The molecule has 2 fully saturated rings. The molecule has 6 rings (SSSR count). The Morgan fingerprint density at radius 3 is 1.14 bits per heavy atom. The number of aryl methyl sites for hydroxylation is 6. The van der Waals surface area contributed by atoms with Crippen molar-refractivity contribution in [2.75, 3.05) is 0 Å². The van der Waals surface area contributed by atoms with Crippen LogP contribution in [-0.2, 0) is 29.4 Å². The van der Waals surface area contributed by atoms with Gasteiger partial charge in [-0.15, -0.1) is 0 Å². The van der Waals surface area contributed by atoms with Crippen LogP contribution in [0, 0.1) is 62.3 Å². The number of alkyl halides is 6. The van der Waals surface area contributed by atoms with E-state index in [0.29, 0.717) is 21.7 Å². The van der Waals surface area contributed by atoms with Crippen molar-refractivity contribution in [3.05, 3.63) is 132 Å². The Balaban J connectivity index is 0.00000161. The molecule has 3 atom stereocenters. The van der Waals surface area contributed by atoms with Crippen LogP contribution in [-0.4, -0.2) is 11.3 Å². The summed E-state index contributed by atoms with van der Waals surface area (Å²) in [7, 11) is -2.45. The summed E-state index contributed by atoms with van der Waals surface area (Å²) in [5.74, 6) is 0.110. The first-order valence-electron chi connectivity index (χ1n) is 18.5. The minimum Gasteiger partial charge on any atom is -0.358 e. The van der Waals surface area contributed by atoms with Gasteiger partial charge in [0.2, 0.25) is 0 Å². The van der Waals surface area contributed by atoms with Gasteiger partial charge in [-0.1, -0.05) is 124 Å². The van der Waals surface area contributed by atoms with Crippen LogP contribution in [0.25, 0.3) is 0 Å². The van der Waals surface area contributed by atoms with Crippen molar-refractivity contribution >= 4 is 37.1 Å². The van der Waals surface area contributed by atoms with E-state index in [2.05, 4.69) is 71.0 Å². The van der Waals surface area contributed by atoms with Crippen LogP contribution in [0.2, 0.25) is 0 Å².